The Balaban J connectivity index is 1.36. The maximum atomic E-state index is 11.6. The quantitative estimate of drug-likeness (QED) is 0.859. The first kappa shape index (κ1) is 14.8. The summed E-state index contributed by atoms with van der Waals surface area (Å²) in [5.41, 5.74) is 2.19. The molecule has 1 saturated carbocycles. The molecule has 0 radical (unpaired) electrons. The molecule has 124 valence electrons. The standard InChI is InChI=1S/C18H25N3O2/c22-18-21(13-14-23-18)17-7-5-16(6-8-17)20-11-9-19(10-12-20)15-3-1-2-4-15/h5-8,15H,1-4,9-14H2. The van der Waals surface area contributed by atoms with Gasteiger partial charge < -0.3 is 9.64 Å². The molecule has 0 N–H and O–H groups in total. The molecule has 1 amide bonds. The summed E-state index contributed by atoms with van der Waals surface area (Å²) in [5.74, 6) is 0. The molecule has 0 spiro atoms. The Hall–Kier alpha value is -1.75. The minimum Gasteiger partial charge on any atom is -0.447 e. The molecule has 0 bridgehead atoms. The van der Waals surface area contributed by atoms with Crippen LogP contribution in [0.3, 0.4) is 0 Å². The third kappa shape index (κ3) is 3.02. The SMILES string of the molecule is O=C1OCCN1c1ccc(N2CCN(C3CCCC3)CC2)cc1. The number of cyclic esters (lactones) is 1. The minimum absolute atomic E-state index is 0.233. The monoisotopic (exact) mass is 315 g/mol. The lowest BCUT2D eigenvalue weighted by Crippen LogP contribution is -2.49. The molecule has 5 heteroatoms. The van der Waals surface area contributed by atoms with Gasteiger partial charge in [0, 0.05) is 43.6 Å². The summed E-state index contributed by atoms with van der Waals surface area (Å²) in [4.78, 5) is 18.4. The number of anilines is 2. The maximum absolute atomic E-state index is 11.6. The number of rotatable bonds is 3. The fourth-order valence-corrected chi connectivity index (χ4v) is 4.09. The van der Waals surface area contributed by atoms with Gasteiger partial charge >= 0.3 is 6.09 Å². The summed E-state index contributed by atoms with van der Waals surface area (Å²) in [6.45, 7) is 5.68. The van der Waals surface area contributed by atoms with Crippen LogP contribution in [0.5, 0.6) is 0 Å². The lowest BCUT2D eigenvalue weighted by Gasteiger charge is -2.39. The van der Waals surface area contributed by atoms with Gasteiger partial charge in [0.15, 0.2) is 0 Å². The highest BCUT2D eigenvalue weighted by Gasteiger charge is 2.27. The van der Waals surface area contributed by atoms with Crippen LogP contribution in [0.15, 0.2) is 24.3 Å². The number of carbonyl (C=O) groups is 1. The van der Waals surface area contributed by atoms with Crippen LogP contribution in [0.25, 0.3) is 0 Å². The number of amides is 1. The van der Waals surface area contributed by atoms with E-state index in [0.29, 0.717) is 13.2 Å². The Kier molecular flexibility index (Phi) is 4.12. The summed E-state index contributed by atoms with van der Waals surface area (Å²) in [7, 11) is 0. The number of ether oxygens (including phenoxy) is 1. The molecule has 1 aliphatic carbocycles. The largest absolute Gasteiger partial charge is 0.447 e. The van der Waals surface area contributed by atoms with E-state index in [9.17, 15) is 4.79 Å². The second-order valence-electron chi connectivity index (χ2n) is 6.74. The van der Waals surface area contributed by atoms with Gasteiger partial charge in [-0.3, -0.25) is 9.80 Å². The Morgan fingerprint density at radius 3 is 2.13 bits per heavy atom. The van der Waals surface area contributed by atoms with Crippen LogP contribution < -0.4 is 9.80 Å². The van der Waals surface area contributed by atoms with Gasteiger partial charge in [-0.2, -0.15) is 0 Å². The fraction of sp³-hybridized carbons (Fsp3) is 0.611. The average Bonchev–Trinajstić information content (AvgIpc) is 3.27. The van der Waals surface area contributed by atoms with Crippen LogP contribution in [0.2, 0.25) is 0 Å². The normalized spacial score (nSPS) is 23.6. The average molecular weight is 315 g/mol. The van der Waals surface area contributed by atoms with E-state index in [4.69, 9.17) is 4.74 Å². The fourth-order valence-electron chi connectivity index (χ4n) is 4.09. The number of hydrogen-bond donors (Lipinski definition) is 0. The number of benzene rings is 1. The van der Waals surface area contributed by atoms with Crippen LogP contribution in [0.1, 0.15) is 25.7 Å². The zero-order chi connectivity index (χ0) is 15.6. The minimum atomic E-state index is -0.233. The highest BCUT2D eigenvalue weighted by atomic mass is 16.6. The topological polar surface area (TPSA) is 36.0 Å². The van der Waals surface area contributed by atoms with Gasteiger partial charge in [-0.1, -0.05) is 12.8 Å². The molecule has 1 aromatic rings. The van der Waals surface area contributed by atoms with Crippen molar-refractivity contribution < 1.29 is 9.53 Å². The summed E-state index contributed by atoms with van der Waals surface area (Å²) in [6, 6.07) is 9.16. The van der Waals surface area contributed by atoms with Gasteiger partial charge in [0.2, 0.25) is 0 Å². The number of piperazine rings is 1. The van der Waals surface area contributed by atoms with Gasteiger partial charge in [0.1, 0.15) is 6.61 Å². The van der Waals surface area contributed by atoms with Crippen molar-refractivity contribution in [3.63, 3.8) is 0 Å². The molecule has 0 unspecified atom stereocenters. The number of nitrogens with zero attached hydrogens (tertiary/aromatic N) is 3. The maximum Gasteiger partial charge on any atom is 0.414 e. The van der Waals surface area contributed by atoms with Crippen molar-refractivity contribution in [2.45, 2.75) is 31.7 Å². The predicted octanol–water partition coefficient (Wildman–Crippen LogP) is 2.71. The highest BCUT2D eigenvalue weighted by Crippen LogP contribution is 2.27. The Bertz CT molecular complexity index is 546. The van der Waals surface area contributed by atoms with E-state index in [1.807, 2.05) is 12.1 Å². The van der Waals surface area contributed by atoms with E-state index in [2.05, 4.69) is 21.9 Å². The van der Waals surface area contributed by atoms with Crippen LogP contribution in [0.4, 0.5) is 16.2 Å². The van der Waals surface area contributed by atoms with E-state index in [1.54, 1.807) is 4.90 Å². The Morgan fingerprint density at radius 1 is 0.870 bits per heavy atom. The van der Waals surface area contributed by atoms with E-state index < -0.39 is 0 Å². The van der Waals surface area contributed by atoms with E-state index >= 15 is 0 Å². The number of hydrogen-bond acceptors (Lipinski definition) is 4. The van der Waals surface area contributed by atoms with Gasteiger partial charge in [0.05, 0.1) is 6.54 Å². The molecule has 3 aliphatic rings. The van der Waals surface area contributed by atoms with Crippen molar-refractivity contribution in [2.75, 3.05) is 49.1 Å². The first-order valence-electron chi connectivity index (χ1n) is 8.84. The predicted molar refractivity (Wildman–Crippen MR) is 91.2 cm³/mol. The van der Waals surface area contributed by atoms with Crippen molar-refractivity contribution >= 4 is 17.5 Å². The van der Waals surface area contributed by atoms with Gasteiger partial charge in [-0.05, 0) is 37.1 Å². The smallest absolute Gasteiger partial charge is 0.414 e. The Labute approximate surface area is 137 Å². The summed E-state index contributed by atoms with van der Waals surface area (Å²) in [5, 5.41) is 0. The Morgan fingerprint density at radius 2 is 1.52 bits per heavy atom. The van der Waals surface area contributed by atoms with Crippen molar-refractivity contribution in [3.05, 3.63) is 24.3 Å². The first-order chi connectivity index (χ1) is 11.3. The third-order valence-corrected chi connectivity index (χ3v) is 5.44. The molecule has 2 heterocycles. The second kappa shape index (κ2) is 6.40. The van der Waals surface area contributed by atoms with Gasteiger partial charge in [-0.15, -0.1) is 0 Å². The van der Waals surface area contributed by atoms with Crippen LogP contribution in [-0.4, -0.2) is 56.4 Å². The van der Waals surface area contributed by atoms with E-state index in [0.717, 1.165) is 24.8 Å². The van der Waals surface area contributed by atoms with Crippen LogP contribution in [-0.2, 0) is 4.74 Å². The lowest BCUT2D eigenvalue weighted by atomic mass is 10.1. The van der Waals surface area contributed by atoms with Crippen LogP contribution >= 0.6 is 0 Å². The van der Waals surface area contributed by atoms with E-state index in [-0.39, 0.29) is 6.09 Å². The molecule has 2 aliphatic heterocycles. The van der Waals surface area contributed by atoms with E-state index in [1.165, 1.54) is 44.5 Å². The second-order valence-corrected chi connectivity index (χ2v) is 6.74. The molecular weight excluding hydrogens is 290 g/mol. The van der Waals surface area contributed by atoms with Crippen molar-refractivity contribution in [1.29, 1.82) is 0 Å². The lowest BCUT2D eigenvalue weighted by molar-refractivity contribution is 0.181. The third-order valence-electron chi connectivity index (χ3n) is 5.44. The summed E-state index contributed by atoms with van der Waals surface area (Å²) < 4.78 is 5.00. The molecule has 0 atom stereocenters. The summed E-state index contributed by atoms with van der Waals surface area (Å²) >= 11 is 0. The summed E-state index contributed by atoms with van der Waals surface area (Å²) in [6.07, 6.45) is 5.36. The highest BCUT2D eigenvalue weighted by molar-refractivity contribution is 5.89. The van der Waals surface area contributed by atoms with Crippen molar-refractivity contribution in [3.8, 4) is 0 Å². The molecule has 3 fully saturated rings. The zero-order valence-electron chi connectivity index (χ0n) is 13.6. The molecule has 1 aromatic carbocycles. The molecular formula is C18H25N3O2. The molecule has 23 heavy (non-hydrogen) atoms. The molecule has 5 nitrogen and oxygen atoms in total. The van der Waals surface area contributed by atoms with Gasteiger partial charge in [0.25, 0.3) is 0 Å². The number of carbonyl (C=O) groups excluding carboxylic acids is 1. The van der Waals surface area contributed by atoms with Gasteiger partial charge in [-0.25, -0.2) is 4.79 Å². The molecule has 2 saturated heterocycles. The molecule has 0 aromatic heterocycles. The van der Waals surface area contributed by atoms with Crippen molar-refractivity contribution in [1.82, 2.24) is 4.90 Å². The zero-order valence-corrected chi connectivity index (χ0v) is 13.6. The van der Waals surface area contributed by atoms with Crippen molar-refractivity contribution in [2.24, 2.45) is 0 Å². The molecule has 4 rings (SSSR count). The van der Waals surface area contributed by atoms with Crippen LogP contribution in [0, 0.1) is 0 Å². The first-order valence-corrected chi connectivity index (χ1v) is 8.84.